The van der Waals surface area contributed by atoms with Crippen LogP contribution in [0.2, 0.25) is 0 Å². The van der Waals surface area contributed by atoms with Crippen molar-refractivity contribution in [2.24, 2.45) is 10.9 Å². The third-order valence-electron chi connectivity index (χ3n) is 5.71. The van der Waals surface area contributed by atoms with E-state index in [0.29, 0.717) is 15.1 Å². The Morgan fingerprint density at radius 3 is 2.83 bits per heavy atom. The van der Waals surface area contributed by atoms with Gasteiger partial charge >= 0.3 is 0 Å². The Morgan fingerprint density at radius 2 is 2.07 bits per heavy atom. The van der Waals surface area contributed by atoms with Gasteiger partial charge in [-0.3, -0.25) is 14.2 Å². The average molecular weight is 420 g/mol. The molecule has 0 spiro atoms. The van der Waals surface area contributed by atoms with E-state index in [9.17, 15) is 9.59 Å². The van der Waals surface area contributed by atoms with Crippen molar-refractivity contribution in [1.82, 2.24) is 4.57 Å². The van der Waals surface area contributed by atoms with Gasteiger partial charge in [0.15, 0.2) is 4.80 Å². The highest BCUT2D eigenvalue weighted by atomic mass is 32.1. The molecule has 0 saturated heterocycles. The molecule has 30 heavy (non-hydrogen) atoms. The van der Waals surface area contributed by atoms with Gasteiger partial charge in [-0.25, -0.2) is 4.99 Å². The van der Waals surface area contributed by atoms with Gasteiger partial charge in [-0.15, -0.1) is 0 Å². The van der Waals surface area contributed by atoms with Gasteiger partial charge in [0.25, 0.3) is 5.56 Å². The number of ether oxygens (including phenoxy) is 2. The molecule has 3 heterocycles. The summed E-state index contributed by atoms with van der Waals surface area (Å²) in [5, 5.41) is 0. The molecule has 2 bridgehead atoms. The van der Waals surface area contributed by atoms with Crippen LogP contribution in [-0.4, -0.2) is 23.2 Å². The van der Waals surface area contributed by atoms with Gasteiger partial charge < -0.3 is 9.47 Å². The Kier molecular flexibility index (Phi) is 4.18. The largest absolute Gasteiger partial charge is 0.497 e. The van der Waals surface area contributed by atoms with Crippen LogP contribution in [0.1, 0.15) is 31.0 Å². The lowest BCUT2D eigenvalue weighted by Crippen LogP contribution is -2.58. The van der Waals surface area contributed by atoms with Crippen molar-refractivity contribution < 1.29 is 14.3 Å². The minimum atomic E-state index is -1.05. The first kappa shape index (κ1) is 18.8. The molecule has 1 aromatic heterocycles. The second kappa shape index (κ2) is 6.67. The van der Waals surface area contributed by atoms with Crippen molar-refractivity contribution in [3.05, 3.63) is 79.3 Å². The van der Waals surface area contributed by atoms with Gasteiger partial charge in [-0.1, -0.05) is 41.7 Å². The Bertz CT molecular complexity index is 1360. The maximum absolute atomic E-state index is 13.5. The number of carbonyl (C=O) groups excluding carboxylic acids is 1. The molecule has 3 aromatic rings. The number of para-hydroxylation sites is 1. The van der Waals surface area contributed by atoms with Crippen molar-refractivity contribution in [3.63, 3.8) is 0 Å². The minimum absolute atomic E-state index is 0.0529. The normalized spacial score (nSPS) is 24.3. The molecular formula is C23H20N2O4S. The molecule has 2 aromatic carbocycles. The standard InChI is InChI=1S/C23H20N2O4S/c1-13(26)19-20-16-9-4-5-10-17(16)29-23(19,2)24-22-25(20)21(27)18(30-22)12-14-7-6-8-15(11-14)28-3/h4-12,19-20H,1-3H3/b18-12-/t19-,20-,23+/m1/s1. The van der Waals surface area contributed by atoms with Gasteiger partial charge in [-0.2, -0.15) is 0 Å². The van der Waals surface area contributed by atoms with Crippen LogP contribution in [0, 0.1) is 5.92 Å². The molecule has 152 valence electrons. The first-order valence-electron chi connectivity index (χ1n) is 9.67. The lowest BCUT2D eigenvalue weighted by molar-refractivity contribution is -0.132. The fourth-order valence-corrected chi connectivity index (χ4v) is 5.54. The predicted molar refractivity (Wildman–Crippen MR) is 114 cm³/mol. The summed E-state index contributed by atoms with van der Waals surface area (Å²) in [6.45, 7) is 3.36. The first-order chi connectivity index (χ1) is 14.4. The number of ketones is 1. The van der Waals surface area contributed by atoms with Crippen molar-refractivity contribution in [2.45, 2.75) is 25.6 Å². The van der Waals surface area contributed by atoms with Crippen LogP contribution in [0.15, 0.2) is 58.3 Å². The van der Waals surface area contributed by atoms with Crippen LogP contribution in [0.4, 0.5) is 0 Å². The third-order valence-corrected chi connectivity index (χ3v) is 6.69. The molecule has 7 heteroatoms. The molecule has 0 unspecified atom stereocenters. The topological polar surface area (TPSA) is 69.9 Å². The van der Waals surface area contributed by atoms with E-state index in [1.54, 1.807) is 11.7 Å². The summed E-state index contributed by atoms with van der Waals surface area (Å²) in [7, 11) is 1.61. The average Bonchev–Trinajstić information content (AvgIpc) is 3.01. The second-order valence-corrected chi connectivity index (χ2v) is 8.69. The SMILES string of the molecule is COc1cccc(/C=c2\sc3n(c2=O)[C@@H]2c4ccccc4O[C@](C)(N=3)[C@@H]2C(C)=O)c1. The number of nitrogens with zero attached hydrogens (tertiary/aromatic N) is 2. The van der Waals surface area contributed by atoms with Crippen LogP contribution in [0.3, 0.4) is 0 Å². The van der Waals surface area contributed by atoms with Gasteiger partial charge in [-0.05, 0) is 43.7 Å². The van der Waals surface area contributed by atoms with E-state index in [1.165, 1.54) is 18.3 Å². The second-order valence-electron chi connectivity index (χ2n) is 7.68. The maximum atomic E-state index is 13.5. The molecule has 6 nitrogen and oxygen atoms in total. The monoisotopic (exact) mass is 420 g/mol. The number of Topliss-reactive ketones (excluding diaryl/α,β-unsaturated/α-hetero) is 1. The van der Waals surface area contributed by atoms with Crippen LogP contribution < -0.4 is 24.4 Å². The summed E-state index contributed by atoms with van der Waals surface area (Å²) in [6, 6.07) is 14.6. The summed E-state index contributed by atoms with van der Waals surface area (Å²) in [5.74, 6) is 0.755. The van der Waals surface area contributed by atoms with E-state index in [1.807, 2.05) is 61.5 Å². The van der Waals surface area contributed by atoms with Gasteiger partial charge in [0.1, 0.15) is 23.2 Å². The van der Waals surface area contributed by atoms with E-state index in [0.717, 1.165) is 16.9 Å². The number of hydrogen-bond acceptors (Lipinski definition) is 6. The Morgan fingerprint density at radius 1 is 1.27 bits per heavy atom. The van der Waals surface area contributed by atoms with Gasteiger partial charge in [0.05, 0.1) is 17.7 Å². The summed E-state index contributed by atoms with van der Waals surface area (Å²) in [4.78, 5) is 31.4. The molecule has 0 radical (unpaired) electrons. The number of aromatic nitrogens is 1. The summed E-state index contributed by atoms with van der Waals surface area (Å²) >= 11 is 1.31. The number of hydrogen-bond donors (Lipinski definition) is 0. The zero-order valence-electron chi connectivity index (χ0n) is 16.8. The van der Waals surface area contributed by atoms with E-state index in [2.05, 4.69) is 0 Å². The molecule has 0 saturated carbocycles. The smallest absolute Gasteiger partial charge is 0.270 e. The van der Waals surface area contributed by atoms with E-state index < -0.39 is 17.7 Å². The van der Waals surface area contributed by atoms with Gasteiger partial charge in [0.2, 0.25) is 5.72 Å². The molecule has 3 atom stereocenters. The molecule has 5 rings (SSSR count). The fourth-order valence-electron chi connectivity index (χ4n) is 4.44. The summed E-state index contributed by atoms with van der Waals surface area (Å²) in [5.41, 5.74) is 0.491. The van der Waals surface area contributed by atoms with Crippen LogP contribution in [0.25, 0.3) is 6.08 Å². The van der Waals surface area contributed by atoms with E-state index >= 15 is 0 Å². The molecule has 0 N–H and O–H groups in total. The quantitative estimate of drug-likeness (QED) is 0.652. The van der Waals surface area contributed by atoms with E-state index in [-0.39, 0.29) is 11.3 Å². The predicted octanol–water partition coefficient (Wildman–Crippen LogP) is 2.28. The Labute approximate surface area is 176 Å². The van der Waals surface area contributed by atoms with E-state index in [4.69, 9.17) is 14.5 Å². The fraction of sp³-hybridized carbons (Fsp3) is 0.261. The number of rotatable bonds is 3. The Hall–Kier alpha value is -3.19. The number of methoxy groups -OCH3 is 1. The zero-order valence-corrected chi connectivity index (χ0v) is 17.6. The van der Waals surface area contributed by atoms with Crippen molar-refractivity contribution in [1.29, 1.82) is 0 Å². The molecule has 0 amide bonds. The third kappa shape index (κ3) is 2.73. The summed E-state index contributed by atoms with van der Waals surface area (Å²) in [6.07, 6.45) is 1.83. The van der Waals surface area contributed by atoms with Crippen LogP contribution in [0.5, 0.6) is 11.5 Å². The minimum Gasteiger partial charge on any atom is -0.497 e. The van der Waals surface area contributed by atoms with Crippen molar-refractivity contribution >= 4 is 23.2 Å². The Balaban J connectivity index is 1.78. The molecule has 0 fully saturated rings. The van der Waals surface area contributed by atoms with Crippen molar-refractivity contribution in [3.8, 4) is 11.5 Å². The first-order valence-corrected chi connectivity index (χ1v) is 10.5. The maximum Gasteiger partial charge on any atom is 0.270 e. The van der Waals surface area contributed by atoms with Crippen LogP contribution >= 0.6 is 11.3 Å². The van der Waals surface area contributed by atoms with Crippen molar-refractivity contribution in [2.75, 3.05) is 7.11 Å². The molecular weight excluding hydrogens is 400 g/mol. The lowest BCUT2D eigenvalue weighted by atomic mass is 9.79. The van der Waals surface area contributed by atoms with Crippen LogP contribution in [-0.2, 0) is 4.79 Å². The highest BCUT2D eigenvalue weighted by Crippen LogP contribution is 2.47. The number of thiazole rings is 1. The number of fused-ring (bicyclic) bond motifs is 6. The highest BCUT2D eigenvalue weighted by molar-refractivity contribution is 7.07. The number of benzene rings is 2. The van der Waals surface area contributed by atoms with Gasteiger partial charge in [0, 0.05) is 5.56 Å². The lowest BCUT2D eigenvalue weighted by Gasteiger charge is -2.45. The molecule has 2 aliphatic rings. The zero-order chi connectivity index (χ0) is 21.0. The highest BCUT2D eigenvalue weighted by Gasteiger charge is 2.53. The number of carbonyl (C=O) groups is 1. The molecule has 2 aliphatic heterocycles. The molecule has 0 aliphatic carbocycles. The summed E-state index contributed by atoms with van der Waals surface area (Å²) < 4.78 is 13.7.